The summed E-state index contributed by atoms with van der Waals surface area (Å²) in [6.07, 6.45) is -1.62. The molecule has 7 heteroatoms. The van der Waals surface area contributed by atoms with Crippen molar-refractivity contribution in [3.05, 3.63) is 29.6 Å². The van der Waals surface area contributed by atoms with Crippen molar-refractivity contribution in [3.8, 4) is 0 Å². The fraction of sp³-hybridized carbons (Fsp3) is 0.571. The number of halogens is 3. The van der Waals surface area contributed by atoms with Gasteiger partial charge in [0.1, 0.15) is 5.69 Å². The molecule has 1 amide bonds. The SMILES string of the molecule is CN(CC1CCCNC1)C(=O)c1ccc(C(F)(F)F)cn1. The molecule has 2 heterocycles. The molecule has 1 fully saturated rings. The summed E-state index contributed by atoms with van der Waals surface area (Å²) in [4.78, 5) is 17.3. The quantitative estimate of drug-likeness (QED) is 0.930. The van der Waals surface area contributed by atoms with E-state index in [0.717, 1.165) is 38.1 Å². The van der Waals surface area contributed by atoms with Gasteiger partial charge in [-0.25, -0.2) is 0 Å². The summed E-state index contributed by atoms with van der Waals surface area (Å²) in [5, 5.41) is 3.26. The zero-order chi connectivity index (χ0) is 15.5. The number of pyridine rings is 1. The van der Waals surface area contributed by atoms with E-state index in [-0.39, 0.29) is 11.6 Å². The smallest absolute Gasteiger partial charge is 0.340 e. The molecule has 1 aromatic rings. The van der Waals surface area contributed by atoms with E-state index in [2.05, 4.69) is 10.3 Å². The van der Waals surface area contributed by atoms with Gasteiger partial charge in [-0.3, -0.25) is 9.78 Å². The molecule has 0 radical (unpaired) electrons. The summed E-state index contributed by atoms with van der Waals surface area (Å²) < 4.78 is 37.3. The van der Waals surface area contributed by atoms with Crippen molar-refractivity contribution in [2.45, 2.75) is 19.0 Å². The average Bonchev–Trinajstić information content (AvgIpc) is 2.46. The lowest BCUT2D eigenvalue weighted by atomic mass is 9.99. The molecule has 0 aromatic carbocycles. The summed E-state index contributed by atoms with van der Waals surface area (Å²) in [7, 11) is 1.65. The Labute approximate surface area is 121 Å². The number of carbonyl (C=O) groups excluding carboxylic acids is 1. The zero-order valence-electron chi connectivity index (χ0n) is 11.8. The molecule has 0 aliphatic carbocycles. The Morgan fingerprint density at radius 2 is 2.24 bits per heavy atom. The Bertz CT molecular complexity index is 481. The van der Waals surface area contributed by atoms with Gasteiger partial charge >= 0.3 is 6.18 Å². The number of alkyl halides is 3. The van der Waals surface area contributed by atoms with Crippen LogP contribution in [-0.4, -0.2) is 42.5 Å². The Hall–Kier alpha value is -1.63. The highest BCUT2D eigenvalue weighted by atomic mass is 19.4. The molecule has 0 bridgehead atoms. The van der Waals surface area contributed by atoms with Crippen LogP contribution >= 0.6 is 0 Å². The Morgan fingerprint density at radius 3 is 2.76 bits per heavy atom. The van der Waals surface area contributed by atoms with Crippen LogP contribution in [0.25, 0.3) is 0 Å². The summed E-state index contributed by atoms with van der Waals surface area (Å²) >= 11 is 0. The standard InChI is InChI=1S/C14H18F3N3O/c1-20(9-10-3-2-6-18-7-10)13(21)12-5-4-11(8-19-12)14(15,16)17/h4-5,8,10,18H,2-3,6-7,9H2,1H3. The summed E-state index contributed by atoms with van der Waals surface area (Å²) in [6.45, 7) is 2.43. The van der Waals surface area contributed by atoms with Crippen LogP contribution in [0.1, 0.15) is 28.9 Å². The third kappa shape index (κ3) is 4.17. The lowest BCUT2D eigenvalue weighted by Crippen LogP contribution is -2.39. The Morgan fingerprint density at radius 1 is 1.48 bits per heavy atom. The number of nitrogens with zero attached hydrogens (tertiary/aromatic N) is 2. The van der Waals surface area contributed by atoms with Crippen molar-refractivity contribution in [1.82, 2.24) is 15.2 Å². The normalized spacial score (nSPS) is 19.3. The monoisotopic (exact) mass is 301 g/mol. The van der Waals surface area contributed by atoms with Gasteiger partial charge < -0.3 is 10.2 Å². The molecule has 1 aromatic heterocycles. The lowest BCUT2D eigenvalue weighted by molar-refractivity contribution is -0.137. The first-order valence-corrected chi connectivity index (χ1v) is 6.87. The minimum atomic E-state index is -4.44. The molecule has 2 rings (SSSR count). The van der Waals surface area contributed by atoms with Gasteiger partial charge in [-0.2, -0.15) is 13.2 Å². The molecule has 4 nitrogen and oxygen atoms in total. The first-order chi connectivity index (χ1) is 9.88. The van der Waals surface area contributed by atoms with E-state index in [1.807, 2.05) is 0 Å². The fourth-order valence-electron chi connectivity index (χ4n) is 2.43. The van der Waals surface area contributed by atoms with Crippen molar-refractivity contribution < 1.29 is 18.0 Å². The van der Waals surface area contributed by atoms with Crippen molar-refractivity contribution in [3.63, 3.8) is 0 Å². The van der Waals surface area contributed by atoms with E-state index in [4.69, 9.17) is 0 Å². The van der Waals surface area contributed by atoms with Gasteiger partial charge in [0.15, 0.2) is 0 Å². The van der Waals surface area contributed by atoms with Gasteiger partial charge in [-0.1, -0.05) is 0 Å². The molecule has 0 saturated carbocycles. The summed E-state index contributed by atoms with van der Waals surface area (Å²) in [6, 6.07) is 2.01. The number of hydrogen-bond acceptors (Lipinski definition) is 3. The van der Waals surface area contributed by atoms with Gasteiger partial charge in [0.25, 0.3) is 5.91 Å². The second-order valence-electron chi connectivity index (χ2n) is 5.33. The maximum atomic E-state index is 12.4. The highest BCUT2D eigenvalue weighted by molar-refractivity contribution is 5.92. The highest BCUT2D eigenvalue weighted by Crippen LogP contribution is 2.28. The van der Waals surface area contributed by atoms with Crippen LogP contribution < -0.4 is 5.32 Å². The minimum absolute atomic E-state index is 0.0364. The molecule has 1 aliphatic rings. The molecule has 0 spiro atoms. The predicted octanol–water partition coefficient (Wildman–Crippen LogP) is 2.17. The van der Waals surface area contributed by atoms with Crippen molar-refractivity contribution in [1.29, 1.82) is 0 Å². The fourth-order valence-corrected chi connectivity index (χ4v) is 2.43. The maximum absolute atomic E-state index is 12.4. The topological polar surface area (TPSA) is 45.2 Å². The van der Waals surface area contributed by atoms with E-state index in [1.165, 1.54) is 4.90 Å². The second-order valence-corrected chi connectivity index (χ2v) is 5.33. The number of amides is 1. The van der Waals surface area contributed by atoms with Crippen LogP contribution in [0, 0.1) is 5.92 Å². The van der Waals surface area contributed by atoms with Crippen LogP contribution in [0.2, 0.25) is 0 Å². The number of aromatic nitrogens is 1. The van der Waals surface area contributed by atoms with E-state index >= 15 is 0 Å². The molecular weight excluding hydrogens is 283 g/mol. The largest absolute Gasteiger partial charge is 0.417 e. The third-order valence-corrected chi connectivity index (χ3v) is 3.59. The van der Waals surface area contributed by atoms with Crippen LogP contribution in [0.15, 0.2) is 18.3 Å². The van der Waals surface area contributed by atoms with E-state index in [1.54, 1.807) is 7.05 Å². The molecule has 1 saturated heterocycles. The van der Waals surface area contributed by atoms with Crippen molar-refractivity contribution in [2.75, 3.05) is 26.7 Å². The van der Waals surface area contributed by atoms with Crippen molar-refractivity contribution >= 4 is 5.91 Å². The van der Waals surface area contributed by atoms with Gasteiger partial charge in [0, 0.05) is 19.8 Å². The number of hydrogen-bond donors (Lipinski definition) is 1. The molecule has 1 unspecified atom stereocenters. The average molecular weight is 301 g/mol. The van der Waals surface area contributed by atoms with Crippen LogP contribution in [-0.2, 0) is 6.18 Å². The molecule has 1 atom stereocenters. The van der Waals surface area contributed by atoms with Crippen LogP contribution in [0.5, 0.6) is 0 Å². The van der Waals surface area contributed by atoms with Gasteiger partial charge in [0.2, 0.25) is 0 Å². The first-order valence-electron chi connectivity index (χ1n) is 6.87. The molecular formula is C14H18F3N3O. The van der Waals surface area contributed by atoms with Gasteiger partial charge in [0.05, 0.1) is 5.56 Å². The predicted molar refractivity (Wildman–Crippen MR) is 71.8 cm³/mol. The number of rotatable bonds is 3. The van der Waals surface area contributed by atoms with Crippen LogP contribution in [0.3, 0.4) is 0 Å². The number of carbonyl (C=O) groups is 1. The number of piperidine rings is 1. The Kier molecular flexibility index (Phi) is 4.82. The van der Waals surface area contributed by atoms with Crippen LogP contribution in [0.4, 0.5) is 13.2 Å². The van der Waals surface area contributed by atoms with E-state index in [9.17, 15) is 18.0 Å². The minimum Gasteiger partial charge on any atom is -0.340 e. The maximum Gasteiger partial charge on any atom is 0.417 e. The molecule has 116 valence electrons. The van der Waals surface area contributed by atoms with Gasteiger partial charge in [-0.15, -0.1) is 0 Å². The second kappa shape index (κ2) is 6.43. The van der Waals surface area contributed by atoms with Gasteiger partial charge in [-0.05, 0) is 44.0 Å². The summed E-state index contributed by atoms with van der Waals surface area (Å²) in [5.74, 6) is 0.0245. The van der Waals surface area contributed by atoms with Crippen molar-refractivity contribution in [2.24, 2.45) is 5.92 Å². The highest BCUT2D eigenvalue weighted by Gasteiger charge is 2.31. The molecule has 1 aliphatic heterocycles. The van der Waals surface area contributed by atoms with E-state index < -0.39 is 11.7 Å². The lowest BCUT2D eigenvalue weighted by Gasteiger charge is -2.27. The molecule has 21 heavy (non-hydrogen) atoms. The van der Waals surface area contributed by atoms with E-state index in [0.29, 0.717) is 18.7 Å². The first kappa shape index (κ1) is 15.8. The zero-order valence-corrected chi connectivity index (χ0v) is 11.8. The Balaban J connectivity index is 1.98. The third-order valence-electron chi connectivity index (χ3n) is 3.59. The molecule has 1 N–H and O–H groups in total. The number of nitrogens with one attached hydrogen (secondary N) is 1. The summed E-state index contributed by atoms with van der Waals surface area (Å²) in [5.41, 5.74) is -0.813.